The normalized spacial score (nSPS) is 16.0. The van der Waals surface area contributed by atoms with Crippen LogP contribution in [0.5, 0.6) is 0 Å². The summed E-state index contributed by atoms with van der Waals surface area (Å²) in [7, 11) is 3.60. The third-order valence-electron chi connectivity index (χ3n) is 1.90. The third kappa shape index (κ3) is 3.35. The molecule has 3 nitrogen and oxygen atoms in total. The molecule has 0 aromatic rings. The van der Waals surface area contributed by atoms with Crippen molar-refractivity contribution in [3.8, 4) is 6.07 Å². The zero-order valence-corrected chi connectivity index (χ0v) is 7.66. The summed E-state index contributed by atoms with van der Waals surface area (Å²) < 4.78 is 4.97. The SMILES string of the molecule is COCC(C)N(C)C(C)C#N. The quantitative estimate of drug-likeness (QED) is 0.606. The molecule has 0 spiro atoms. The number of likely N-dealkylation sites (N-methyl/N-ethyl adjacent to an activating group) is 1. The minimum absolute atomic E-state index is 0.0415. The van der Waals surface area contributed by atoms with Crippen molar-refractivity contribution in [2.75, 3.05) is 20.8 Å². The smallest absolute Gasteiger partial charge is 0.0949 e. The number of ether oxygens (including phenoxy) is 1. The zero-order chi connectivity index (χ0) is 8.85. The van der Waals surface area contributed by atoms with Crippen molar-refractivity contribution in [1.29, 1.82) is 5.26 Å². The fourth-order valence-corrected chi connectivity index (χ4v) is 0.832. The molecule has 0 saturated heterocycles. The maximum absolute atomic E-state index is 8.59. The summed E-state index contributed by atoms with van der Waals surface area (Å²) in [6.07, 6.45) is 0. The molecule has 0 heterocycles. The highest BCUT2D eigenvalue weighted by Crippen LogP contribution is 2.00. The van der Waals surface area contributed by atoms with Gasteiger partial charge in [0.25, 0.3) is 0 Å². The van der Waals surface area contributed by atoms with Gasteiger partial charge in [0.15, 0.2) is 0 Å². The molecule has 0 aromatic carbocycles. The van der Waals surface area contributed by atoms with Crippen LogP contribution in [0.25, 0.3) is 0 Å². The van der Waals surface area contributed by atoms with E-state index in [0.717, 1.165) is 0 Å². The lowest BCUT2D eigenvalue weighted by molar-refractivity contribution is 0.106. The number of nitrogens with zero attached hydrogens (tertiary/aromatic N) is 2. The van der Waals surface area contributed by atoms with Gasteiger partial charge in [0.05, 0.1) is 18.7 Å². The van der Waals surface area contributed by atoms with Crippen molar-refractivity contribution in [1.82, 2.24) is 4.90 Å². The molecule has 0 N–H and O–H groups in total. The fraction of sp³-hybridized carbons (Fsp3) is 0.875. The Labute approximate surface area is 68.6 Å². The van der Waals surface area contributed by atoms with Crippen LogP contribution in [0.4, 0.5) is 0 Å². The summed E-state index contributed by atoms with van der Waals surface area (Å²) in [5.41, 5.74) is 0. The Morgan fingerprint density at radius 2 is 2.09 bits per heavy atom. The van der Waals surface area contributed by atoms with E-state index in [2.05, 4.69) is 6.07 Å². The Balaban J connectivity index is 3.82. The Bertz CT molecular complexity index is 142. The fourth-order valence-electron chi connectivity index (χ4n) is 0.832. The van der Waals surface area contributed by atoms with Gasteiger partial charge in [-0.25, -0.2) is 0 Å². The van der Waals surface area contributed by atoms with Crippen LogP contribution in [0.3, 0.4) is 0 Å². The van der Waals surface area contributed by atoms with Crippen LogP contribution in [0.2, 0.25) is 0 Å². The van der Waals surface area contributed by atoms with Gasteiger partial charge in [0.2, 0.25) is 0 Å². The summed E-state index contributed by atoms with van der Waals surface area (Å²) >= 11 is 0. The van der Waals surface area contributed by atoms with Crippen molar-refractivity contribution in [3.05, 3.63) is 0 Å². The molecule has 0 radical (unpaired) electrons. The number of hydrogen-bond donors (Lipinski definition) is 0. The molecule has 0 saturated carbocycles. The lowest BCUT2D eigenvalue weighted by atomic mass is 10.2. The summed E-state index contributed by atoms with van der Waals surface area (Å²) in [5.74, 6) is 0. The van der Waals surface area contributed by atoms with Gasteiger partial charge in [0.1, 0.15) is 0 Å². The second-order valence-electron chi connectivity index (χ2n) is 2.77. The second kappa shape index (κ2) is 5.11. The van der Waals surface area contributed by atoms with E-state index in [1.54, 1.807) is 7.11 Å². The van der Waals surface area contributed by atoms with Gasteiger partial charge in [0, 0.05) is 13.2 Å². The average molecular weight is 156 g/mol. The van der Waals surface area contributed by atoms with Crippen molar-refractivity contribution in [2.24, 2.45) is 0 Å². The van der Waals surface area contributed by atoms with Crippen LogP contribution in [0.1, 0.15) is 13.8 Å². The molecule has 2 unspecified atom stereocenters. The lowest BCUT2D eigenvalue weighted by Crippen LogP contribution is -2.38. The highest BCUT2D eigenvalue weighted by molar-refractivity contribution is 4.88. The zero-order valence-electron chi connectivity index (χ0n) is 7.66. The van der Waals surface area contributed by atoms with Gasteiger partial charge in [-0.1, -0.05) is 0 Å². The number of methoxy groups -OCH3 is 1. The highest BCUT2D eigenvalue weighted by atomic mass is 16.5. The summed E-state index contributed by atoms with van der Waals surface area (Å²) in [6.45, 7) is 4.59. The first-order chi connectivity index (χ1) is 5.13. The predicted molar refractivity (Wildman–Crippen MR) is 44.2 cm³/mol. The molecule has 11 heavy (non-hydrogen) atoms. The van der Waals surface area contributed by atoms with Gasteiger partial charge in [-0.2, -0.15) is 5.26 Å². The van der Waals surface area contributed by atoms with Crippen LogP contribution in [0.15, 0.2) is 0 Å². The largest absolute Gasteiger partial charge is 0.383 e. The second-order valence-corrected chi connectivity index (χ2v) is 2.77. The Morgan fingerprint density at radius 3 is 2.45 bits per heavy atom. The van der Waals surface area contributed by atoms with Crippen LogP contribution >= 0.6 is 0 Å². The van der Waals surface area contributed by atoms with Crippen molar-refractivity contribution >= 4 is 0 Å². The molecule has 0 aliphatic rings. The molecular weight excluding hydrogens is 140 g/mol. The molecule has 0 aliphatic heterocycles. The minimum Gasteiger partial charge on any atom is -0.383 e. The Morgan fingerprint density at radius 1 is 1.55 bits per heavy atom. The lowest BCUT2D eigenvalue weighted by Gasteiger charge is -2.25. The molecule has 0 aromatic heterocycles. The van der Waals surface area contributed by atoms with E-state index in [1.807, 2.05) is 25.8 Å². The molecule has 0 amide bonds. The van der Waals surface area contributed by atoms with E-state index in [0.29, 0.717) is 12.6 Å². The van der Waals surface area contributed by atoms with E-state index in [-0.39, 0.29) is 6.04 Å². The minimum atomic E-state index is -0.0415. The van der Waals surface area contributed by atoms with E-state index in [9.17, 15) is 0 Å². The molecule has 0 bridgehead atoms. The van der Waals surface area contributed by atoms with Crippen molar-refractivity contribution in [3.63, 3.8) is 0 Å². The van der Waals surface area contributed by atoms with Crippen molar-refractivity contribution < 1.29 is 4.74 Å². The van der Waals surface area contributed by atoms with Crippen LogP contribution in [-0.2, 0) is 4.74 Å². The van der Waals surface area contributed by atoms with Crippen LogP contribution < -0.4 is 0 Å². The molecule has 0 rings (SSSR count). The predicted octanol–water partition coefficient (Wildman–Crippen LogP) is 0.865. The Kier molecular flexibility index (Phi) is 4.84. The molecule has 64 valence electrons. The first-order valence-corrected chi connectivity index (χ1v) is 3.74. The Hall–Kier alpha value is -0.590. The van der Waals surface area contributed by atoms with E-state index >= 15 is 0 Å². The van der Waals surface area contributed by atoms with Crippen LogP contribution in [0, 0.1) is 11.3 Å². The molecular formula is C8H16N2O. The third-order valence-corrected chi connectivity index (χ3v) is 1.90. The molecule has 0 aliphatic carbocycles. The first-order valence-electron chi connectivity index (χ1n) is 3.74. The highest BCUT2D eigenvalue weighted by Gasteiger charge is 2.13. The van der Waals surface area contributed by atoms with Gasteiger partial charge in [-0.3, -0.25) is 4.90 Å². The summed E-state index contributed by atoms with van der Waals surface area (Å²) in [4.78, 5) is 1.99. The van der Waals surface area contributed by atoms with Gasteiger partial charge >= 0.3 is 0 Å². The van der Waals surface area contributed by atoms with E-state index < -0.39 is 0 Å². The topological polar surface area (TPSA) is 36.3 Å². The maximum atomic E-state index is 8.59. The van der Waals surface area contributed by atoms with E-state index in [1.165, 1.54) is 0 Å². The van der Waals surface area contributed by atoms with Crippen LogP contribution in [-0.4, -0.2) is 37.7 Å². The molecule has 2 atom stereocenters. The molecule has 0 fully saturated rings. The summed E-state index contributed by atoms with van der Waals surface area (Å²) in [6, 6.07) is 2.43. The van der Waals surface area contributed by atoms with Crippen molar-refractivity contribution in [2.45, 2.75) is 25.9 Å². The number of rotatable bonds is 4. The van der Waals surface area contributed by atoms with Gasteiger partial charge in [-0.05, 0) is 20.9 Å². The maximum Gasteiger partial charge on any atom is 0.0949 e. The first kappa shape index (κ1) is 10.4. The molecule has 3 heteroatoms. The van der Waals surface area contributed by atoms with Gasteiger partial charge in [-0.15, -0.1) is 0 Å². The number of nitriles is 1. The standard InChI is InChI=1S/C8H16N2O/c1-7(5-9)10(3)8(2)6-11-4/h7-8H,6H2,1-4H3. The average Bonchev–Trinajstić information content (AvgIpc) is 2.02. The summed E-state index contributed by atoms with van der Waals surface area (Å²) in [5, 5.41) is 8.59. The van der Waals surface area contributed by atoms with Gasteiger partial charge < -0.3 is 4.74 Å². The monoisotopic (exact) mass is 156 g/mol. The number of hydrogen-bond acceptors (Lipinski definition) is 3. The van der Waals surface area contributed by atoms with E-state index in [4.69, 9.17) is 10.00 Å².